The molecule has 0 amide bonds. The lowest BCUT2D eigenvalue weighted by atomic mass is 9.94. The molecule has 4 heteroatoms. The maximum Gasteiger partial charge on any atom is 0.325 e. The number of rotatable bonds is 14. The molecule has 0 aliphatic carbocycles. The SMILES string of the molecule is CCCCCCC(C)CC(CCCCCC)OP(C)(=O)O. The fourth-order valence-electron chi connectivity index (χ4n) is 2.78. The predicted octanol–water partition coefficient (Wildman–Crippen LogP) is 6.15. The van der Waals surface area contributed by atoms with Crippen molar-refractivity contribution in [3.05, 3.63) is 0 Å². The molecule has 0 aromatic carbocycles. The third-order valence-electron chi connectivity index (χ3n) is 3.94. The van der Waals surface area contributed by atoms with Crippen molar-refractivity contribution >= 4 is 7.60 Å². The lowest BCUT2D eigenvalue weighted by Gasteiger charge is -2.22. The van der Waals surface area contributed by atoms with Gasteiger partial charge in [-0.2, -0.15) is 0 Å². The van der Waals surface area contributed by atoms with Crippen LogP contribution in [0.3, 0.4) is 0 Å². The average molecular weight is 320 g/mol. The van der Waals surface area contributed by atoms with E-state index in [4.69, 9.17) is 4.52 Å². The van der Waals surface area contributed by atoms with Crippen LogP contribution in [0.4, 0.5) is 0 Å². The van der Waals surface area contributed by atoms with Crippen molar-refractivity contribution < 1.29 is 14.0 Å². The summed E-state index contributed by atoms with van der Waals surface area (Å²) < 4.78 is 17.0. The molecule has 0 heterocycles. The second-order valence-electron chi connectivity index (χ2n) is 6.57. The van der Waals surface area contributed by atoms with Crippen molar-refractivity contribution in [3.63, 3.8) is 0 Å². The summed E-state index contributed by atoms with van der Waals surface area (Å²) in [7, 11) is -3.37. The Morgan fingerprint density at radius 1 is 0.952 bits per heavy atom. The highest BCUT2D eigenvalue weighted by Gasteiger charge is 2.21. The number of hydrogen-bond donors (Lipinski definition) is 1. The first-order valence-corrected chi connectivity index (χ1v) is 10.9. The van der Waals surface area contributed by atoms with Gasteiger partial charge in [0.15, 0.2) is 0 Å². The number of hydrogen-bond acceptors (Lipinski definition) is 2. The highest BCUT2D eigenvalue weighted by molar-refractivity contribution is 7.51. The summed E-state index contributed by atoms with van der Waals surface area (Å²) in [6.45, 7) is 7.97. The zero-order chi connectivity index (χ0) is 16.1. The van der Waals surface area contributed by atoms with Gasteiger partial charge in [0.2, 0.25) is 0 Å². The second-order valence-corrected chi connectivity index (χ2v) is 8.39. The van der Waals surface area contributed by atoms with Gasteiger partial charge in [0.05, 0.1) is 6.10 Å². The minimum absolute atomic E-state index is 0.0520. The minimum Gasteiger partial charge on any atom is -0.324 e. The Morgan fingerprint density at radius 3 is 1.95 bits per heavy atom. The van der Waals surface area contributed by atoms with Gasteiger partial charge in [0, 0.05) is 6.66 Å². The molecular formula is C17H37O3P. The second kappa shape index (κ2) is 12.7. The van der Waals surface area contributed by atoms with Gasteiger partial charge in [-0.3, -0.25) is 4.57 Å². The molecule has 0 saturated carbocycles. The van der Waals surface area contributed by atoms with Crippen LogP contribution >= 0.6 is 7.60 Å². The lowest BCUT2D eigenvalue weighted by molar-refractivity contribution is 0.137. The summed E-state index contributed by atoms with van der Waals surface area (Å²) in [5, 5.41) is 0. The Kier molecular flexibility index (Phi) is 12.8. The average Bonchev–Trinajstić information content (AvgIpc) is 2.38. The molecule has 0 fully saturated rings. The first-order valence-electron chi connectivity index (χ1n) is 8.87. The van der Waals surface area contributed by atoms with E-state index in [1.807, 2.05) is 0 Å². The van der Waals surface area contributed by atoms with Crippen LogP contribution < -0.4 is 0 Å². The molecule has 1 N–H and O–H groups in total. The van der Waals surface area contributed by atoms with Crippen LogP contribution in [0.25, 0.3) is 0 Å². The summed E-state index contributed by atoms with van der Waals surface area (Å²) in [5.74, 6) is 0.574. The molecule has 0 aromatic rings. The first-order chi connectivity index (χ1) is 9.89. The van der Waals surface area contributed by atoms with Crippen LogP contribution in [0.5, 0.6) is 0 Å². The van der Waals surface area contributed by atoms with Crippen molar-refractivity contribution in [3.8, 4) is 0 Å². The minimum atomic E-state index is -3.37. The van der Waals surface area contributed by atoms with Crippen molar-refractivity contribution in [1.82, 2.24) is 0 Å². The van der Waals surface area contributed by atoms with E-state index in [2.05, 4.69) is 20.8 Å². The molecule has 3 unspecified atom stereocenters. The molecule has 0 aliphatic heterocycles. The van der Waals surface area contributed by atoms with Crippen molar-refractivity contribution in [1.29, 1.82) is 0 Å². The molecule has 0 aromatic heterocycles. The molecule has 0 rings (SSSR count). The monoisotopic (exact) mass is 320 g/mol. The summed E-state index contributed by atoms with van der Waals surface area (Å²) in [6, 6.07) is 0. The van der Waals surface area contributed by atoms with Gasteiger partial charge in [-0.05, 0) is 18.8 Å². The van der Waals surface area contributed by atoms with E-state index < -0.39 is 7.60 Å². The maximum absolute atomic E-state index is 11.5. The van der Waals surface area contributed by atoms with Gasteiger partial charge < -0.3 is 9.42 Å². The highest BCUT2D eigenvalue weighted by Crippen LogP contribution is 2.41. The van der Waals surface area contributed by atoms with Crippen LogP contribution in [0.1, 0.15) is 91.4 Å². The third-order valence-corrected chi connectivity index (χ3v) is 4.63. The molecule has 0 saturated heterocycles. The highest BCUT2D eigenvalue weighted by atomic mass is 31.2. The Bertz CT molecular complexity index is 275. The summed E-state index contributed by atoms with van der Waals surface area (Å²) in [5.41, 5.74) is 0. The largest absolute Gasteiger partial charge is 0.325 e. The summed E-state index contributed by atoms with van der Waals surface area (Å²) in [4.78, 5) is 9.48. The van der Waals surface area contributed by atoms with Crippen molar-refractivity contribution in [2.24, 2.45) is 5.92 Å². The molecule has 0 bridgehead atoms. The van der Waals surface area contributed by atoms with E-state index in [1.54, 1.807) is 0 Å². The summed E-state index contributed by atoms with van der Waals surface area (Å²) >= 11 is 0. The lowest BCUT2D eigenvalue weighted by Crippen LogP contribution is -2.15. The topological polar surface area (TPSA) is 46.5 Å². The van der Waals surface area contributed by atoms with Gasteiger partial charge in [-0.25, -0.2) is 0 Å². The zero-order valence-electron chi connectivity index (χ0n) is 14.6. The molecule has 0 aliphatic rings. The van der Waals surface area contributed by atoms with E-state index in [9.17, 15) is 9.46 Å². The van der Waals surface area contributed by atoms with Gasteiger partial charge in [0.25, 0.3) is 0 Å². The molecule has 0 spiro atoms. The van der Waals surface area contributed by atoms with Crippen molar-refractivity contribution in [2.75, 3.05) is 6.66 Å². The normalized spacial score (nSPS) is 17.4. The molecule has 128 valence electrons. The zero-order valence-corrected chi connectivity index (χ0v) is 15.5. The van der Waals surface area contributed by atoms with Gasteiger partial charge in [-0.15, -0.1) is 0 Å². The smallest absolute Gasteiger partial charge is 0.324 e. The summed E-state index contributed by atoms with van der Waals surface area (Å²) in [6.07, 6.45) is 12.9. The maximum atomic E-state index is 11.5. The molecule has 0 radical (unpaired) electrons. The van der Waals surface area contributed by atoms with E-state index in [0.29, 0.717) is 5.92 Å². The third kappa shape index (κ3) is 14.8. The first kappa shape index (κ1) is 21.1. The van der Waals surface area contributed by atoms with E-state index in [1.165, 1.54) is 58.0 Å². The van der Waals surface area contributed by atoms with Crippen LogP contribution in [-0.2, 0) is 9.09 Å². The predicted molar refractivity (Wildman–Crippen MR) is 91.9 cm³/mol. The molecule has 3 atom stereocenters. The van der Waals surface area contributed by atoms with Gasteiger partial charge in [0.1, 0.15) is 0 Å². The van der Waals surface area contributed by atoms with Gasteiger partial charge in [-0.1, -0.05) is 78.6 Å². The van der Waals surface area contributed by atoms with E-state index in [-0.39, 0.29) is 6.10 Å². The Morgan fingerprint density at radius 2 is 1.48 bits per heavy atom. The molecule has 21 heavy (non-hydrogen) atoms. The van der Waals surface area contributed by atoms with Crippen molar-refractivity contribution in [2.45, 2.75) is 97.5 Å². The van der Waals surface area contributed by atoms with E-state index >= 15 is 0 Å². The standard InChI is InChI=1S/C17H37O3P/c1-5-7-9-11-13-16(3)15-17(20-21(4,18)19)14-12-10-8-6-2/h16-17H,5-15H2,1-4H3,(H,18,19). The fraction of sp³-hybridized carbons (Fsp3) is 1.00. The Hall–Kier alpha value is 0.150. The van der Waals surface area contributed by atoms with Crippen LogP contribution in [0.15, 0.2) is 0 Å². The fourth-order valence-corrected chi connectivity index (χ4v) is 3.52. The van der Waals surface area contributed by atoms with Crippen LogP contribution in [0.2, 0.25) is 0 Å². The molecule has 3 nitrogen and oxygen atoms in total. The Labute approximate surface area is 132 Å². The van der Waals surface area contributed by atoms with Gasteiger partial charge >= 0.3 is 7.60 Å². The number of unbranched alkanes of at least 4 members (excludes halogenated alkanes) is 6. The quantitative estimate of drug-likeness (QED) is 0.308. The molecular weight excluding hydrogens is 283 g/mol. The Balaban J connectivity index is 4.09. The van der Waals surface area contributed by atoms with E-state index in [0.717, 1.165) is 19.3 Å². The van der Waals surface area contributed by atoms with Crippen LogP contribution in [0, 0.1) is 5.92 Å². The van der Waals surface area contributed by atoms with Crippen LogP contribution in [-0.4, -0.2) is 17.7 Å².